The minimum atomic E-state index is -3.84. The van der Waals surface area contributed by atoms with Gasteiger partial charge >= 0.3 is 0 Å². The van der Waals surface area contributed by atoms with E-state index in [9.17, 15) is 18.0 Å². The quantitative estimate of drug-likeness (QED) is 0.584. The molecule has 0 bridgehead atoms. The van der Waals surface area contributed by atoms with Crippen LogP contribution in [-0.4, -0.2) is 41.3 Å². The summed E-state index contributed by atoms with van der Waals surface area (Å²) < 4.78 is 28.1. The summed E-state index contributed by atoms with van der Waals surface area (Å²) in [5, 5.41) is 2.72. The van der Waals surface area contributed by atoms with E-state index in [-0.39, 0.29) is 23.7 Å². The fourth-order valence-electron chi connectivity index (χ4n) is 3.42. The van der Waals surface area contributed by atoms with Crippen molar-refractivity contribution in [2.24, 2.45) is 0 Å². The molecule has 1 amide bonds. The first-order chi connectivity index (χ1) is 14.1. The first kappa shape index (κ1) is 21.8. The standard InChI is InChI=1S/C19H26N6O4S/c1-12-9-15(30(28,29)24-7-3-4-8-24)18(21)19(27)25(12)11-17(26)22-10-14-5-6-16(20)23-13(14)2/h5-6,9H,3-4,7-8,10-11,21H2,1-2H3,(H2,20,23)(H,22,26). The minimum Gasteiger partial charge on any atom is -0.393 e. The second-order valence-electron chi connectivity index (χ2n) is 7.32. The van der Waals surface area contributed by atoms with Crippen molar-refractivity contribution in [1.29, 1.82) is 0 Å². The molecule has 0 unspecified atom stereocenters. The lowest BCUT2D eigenvalue weighted by Gasteiger charge is -2.19. The van der Waals surface area contributed by atoms with Crippen LogP contribution < -0.4 is 22.3 Å². The van der Waals surface area contributed by atoms with Crippen LogP contribution in [-0.2, 0) is 27.9 Å². The highest BCUT2D eigenvalue weighted by molar-refractivity contribution is 7.89. The number of sulfonamides is 1. The van der Waals surface area contributed by atoms with Crippen molar-refractivity contribution in [1.82, 2.24) is 19.2 Å². The highest BCUT2D eigenvalue weighted by Crippen LogP contribution is 2.24. The van der Waals surface area contributed by atoms with Crippen LogP contribution in [0.1, 0.15) is 29.8 Å². The Bertz CT molecular complexity index is 1140. The van der Waals surface area contributed by atoms with Crippen LogP contribution >= 0.6 is 0 Å². The fraction of sp³-hybridized carbons (Fsp3) is 0.421. The van der Waals surface area contributed by atoms with Gasteiger partial charge in [-0.05, 0) is 44.4 Å². The van der Waals surface area contributed by atoms with E-state index in [1.807, 2.05) is 0 Å². The van der Waals surface area contributed by atoms with E-state index in [0.717, 1.165) is 18.4 Å². The number of pyridine rings is 2. The number of nitrogens with two attached hydrogens (primary N) is 2. The van der Waals surface area contributed by atoms with Gasteiger partial charge in [0.15, 0.2) is 0 Å². The molecule has 0 atom stereocenters. The van der Waals surface area contributed by atoms with Crippen molar-refractivity contribution >= 4 is 27.4 Å². The Labute approximate surface area is 174 Å². The maximum atomic E-state index is 12.8. The number of anilines is 2. The van der Waals surface area contributed by atoms with Crippen molar-refractivity contribution in [2.75, 3.05) is 24.6 Å². The number of carbonyl (C=O) groups is 1. The molecule has 0 aromatic carbocycles. The second kappa shape index (κ2) is 8.44. The van der Waals surface area contributed by atoms with Gasteiger partial charge in [-0.1, -0.05) is 6.07 Å². The number of hydrogen-bond acceptors (Lipinski definition) is 7. The van der Waals surface area contributed by atoms with Crippen LogP contribution in [0.15, 0.2) is 27.9 Å². The number of aryl methyl sites for hydroxylation is 2. The Morgan fingerprint density at radius 1 is 1.20 bits per heavy atom. The Morgan fingerprint density at radius 2 is 1.87 bits per heavy atom. The molecule has 162 valence electrons. The summed E-state index contributed by atoms with van der Waals surface area (Å²) in [6, 6.07) is 4.76. The van der Waals surface area contributed by atoms with Gasteiger partial charge in [0.1, 0.15) is 22.9 Å². The first-order valence-corrected chi connectivity index (χ1v) is 11.0. The van der Waals surface area contributed by atoms with Crippen LogP contribution in [0, 0.1) is 13.8 Å². The summed E-state index contributed by atoms with van der Waals surface area (Å²) in [4.78, 5) is 29.0. The van der Waals surface area contributed by atoms with E-state index >= 15 is 0 Å². The molecular weight excluding hydrogens is 408 g/mol. The lowest BCUT2D eigenvalue weighted by molar-refractivity contribution is -0.121. The number of amides is 1. The van der Waals surface area contributed by atoms with Gasteiger partial charge in [0.25, 0.3) is 5.56 Å². The monoisotopic (exact) mass is 434 g/mol. The molecule has 1 fully saturated rings. The lowest BCUT2D eigenvalue weighted by Crippen LogP contribution is -2.36. The summed E-state index contributed by atoms with van der Waals surface area (Å²) in [5.41, 5.74) is 12.3. The van der Waals surface area contributed by atoms with Crippen molar-refractivity contribution in [3.05, 3.63) is 45.5 Å². The zero-order chi connectivity index (χ0) is 22.1. The highest BCUT2D eigenvalue weighted by Gasteiger charge is 2.30. The van der Waals surface area contributed by atoms with Gasteiger partial charge in [-0.2, -0.15) is 4.31 Å². The molecule has 30 heavy (non-hydrogen) atoms. The normalized spacial score (nSPS) is 14.7. The zero-order valence-electron chi connectivity index (χ0n) is 17.0. The van der Waals surface area contributed by atoms with Crippen molar-refractivity contribution in [3.8, 4) is 0 Å². The summed E-state index contributed by atoms with van der Waals surface area (Å²) in [5.74, 6) is -0.0184. The smallest absolute Gasteiger partial charge is 0.275 e. The molecule has 11 heteroatoms. The number of nitrogens with zero attached hydrogens (tertiary/aromatic N) is 3. The van der Waals surface area contributed by atoms with E-state index < -0.39 is 21.5 Å². The molecule has 1 aliphatic rings. The Kier molecular flexibility index (Phi) is 6.13. The van der Waals surface area contributed by atoms with Gasteiger partial charge in [0.2, 0.25) is 15.9 Å². The highest BCUT2D eigenvalue weighted by atomic mass is 32.2. The molecule has 0 aliphatic carbocycles. The molecule has 3 heterocycles. The van der Waals surface area contributed by atoms with Gasteiger partial charge in [-0.3, -0.25) is 9.59 Å². The number of nitrogens with one attached hydrogen (secondary N) is 1. The van der Waals surface area contributed by atoms with Crippen molar-refractivity contribution < 1.29 is 13.2 Å². The van der Waals surface area contributed by atoms with Gasteiger partial charge < -0.3 is 21.4 Å². The maximum absolute atomic E-state index is 12.8. The van der Waals surface area contributed by atoms with E-state index in [4.69, 9.17) is 11.5 Å². The minimum absolute atomic E-state index is 0.202. The molecular formula is C19H26N6O4S. The third kappa shape index (κ3) is 4.31. The van der Waals surface area contributed by atoms with E-state index in [0.29, 0.717) is 30.3 Å². The molecule has 5 N–H and O–H groups in total. The van der Waals surface area contributed by atoms with Crippen LogP contribution in [0.2, 0.25) is 0 Å². The summed E-state index contributed by atoms with van der Waals surface area (Å²) in [6.45, 7) is 4.12. The third-order valence-electron chi connectivity index (χ3n) is 5.18. The third-order valence-corrected chi connectivity index (χ3v) is 7.12. The molecule has 3 rings (SSSR count). The average molecular weight is 435 g/mol. The van der Waals surface area contributed by atoms with Gasteiger partial charge in [-0.15, -0.1) is 0 Å². The number of carbonyl (C=O) groups excluding carboxylic acids is 1. The fourth-order valence-corrected chi connectivity index (χ4v) is 5.13. The Balaban J connectivity index is 1.79. The topological polar surface area (TPSA) is 153 Å². The molecule has 1 saturated heterocycles. The maximum Gasteiger partial charge on any atom is 0.275 e. The summed E-state index contributed by atoms with van der Waals surface area (Å²) in [7, 11) is -3.84. The molecule has 2 aromatic rings. The number of hydrogen-bond donors (Lipinski definition) is 3. The van der Waals surface area contributed by atoms with Crippen LogP contribution in [0.25, 0.3) is 0 Å². The number of nitrogen functional groups attached to an aromatic ring is 2. The first-order valence-electron chi connectivity index (χ1n) is 9.60. The zero-order valence-corrected chi connectivity index (χ0v) is 17.8. The van der Waals surface area contributed by atoms with Crippen LogP contribution in [0.5, 0.6) is 0 Å². The van der Waals surface area contributed by atoms with E-state index in [1.54, 1.807) is 26.0 Å². The van der Waals surface area contributed by atoms with Gasteiger partial charge in [0.05, 0.1) is 0 Å². The van der Waals surface area contributed by atoms with Crippen molar-refractivity contribution in [2.45, 2.75) is 44.7 Å². The number of rotatable bonds is 6. The molecule has 2 aromatic heterocycles. The Hall–Kier alpha value is -2.92. The second-order valence-corrected chi connectivity index (χ2v) is 9.23. The summed E-state index contributed by atoms with van der Waals surface area (Å²) in [6.07, 6.45) is 1.55. The SMILES string of the molecule is Cc1nc(N)ccc1CNC(=O)Cn1c(C)cc(S(=O)(=O)N2CCCC2)c(N)c1=O. The molecule has 0 spiro atoms. The van der Waals surface area contributed by atoms with E-state index in [2.05, 4.69) is 10.3 Å². The predicted molar refractivity (Wildman–Crippen MR) is 113 cm³/mol. The van der Waals surface area contributed by atoms with Gasteiger partial charge in [-0.25, -0.2) is 13.4 Å². The van der Waals surface area contributed by atoms with Gasteiger partial charge in [0, 0.05) is 31.0 Å². The largest absolute Gasteiger partial charge is 0.393 e. The van der Waals surface area contributed by atoms with Crippen LogP contribution in [0.4, 0.5) is 11.5 Å². The van der Waals surface area contributed by atoms with Crippen molar-refractivity contribution in [3.63, 3.8) is 0 Å². The molecule has 0 radical (unpaired) electrons. The molecule has 0 saturated carbocycles. The molecule has 1 aliphatic heterocycles. The predicted octanol–water partition coefficient (Wildman–Crippen LogP) is 0.125. The number of aromatic nitrogens is 2. The Morgan fingerprint density at radius 3 is 2.50 bits per heavy atom. The van der Waals surface area contributed by atoms with E-state index in [1.165, 1.54) is 14.9 Å². The average Bonchev–Trinajstić information content (AvgIpc) is 3.23. The summed E-state index contributed by atoms with van der Waals surface area (Å²) >= 11 is 0. The molecule has 10 nitrogen and oxygen atoms in total. The van der Waals surface area contributed by atoms with Crippen LogP contribution in [0.3, 0.4) is 0 Å². The lowest BCUT2D eigenvalue weighted by atomic mass is 10.2.